The van der Waals surface area contributed by atoms with Crippen LogP contribution in [0.1, 0.15) is 37.3 Å². The number of thioether (sulfide) groups is 1. The Hall–Kier alpha value is -3.18. The number of hydrogen-bond donors (Lipinski definition) is 0. The fourth-order valence-corrected chi connectivity index (χ4v) is 5.48. The van der Waals surface area contributed by atoms with Crippen LogP contribution in [0.2, 0.25) is 0 Å². The molecule has 0 bridgehead atoms. The third-order valence-electron chi connectivity index (χ3n) is 6.12. The second-order valence-electron chi connectivity index (χ2n) is 8.23. The first-order valence-electron chi connectivity index (χ1n) is 11.4. The number of likely N-dealkylation sites (tertiary alicyclic amines) is 1. The van der Waals surface area contributed by atoms with E-state index < -0.39 is 0 Å². The standard InChI is InChI=1S/C25H26N4O3S/c26-11-4-13-29-21-7-2-1-6-19(21)27-25(29)33-17-24(30)28-12-3-8-20(28)18-9-10-22-23(16-18)32-15-5-14-31-22/h1-2,6-7,9-10,16,20H,3-5,8,12-15,17H2. The summed E-state index contributed by atoms with van der Waals surface area (Å²) in [5, 5.41) is 9.83. The van der Waals surface area contributed by atoms with Crippen LogP contribution in [-0.2, 0) is 11.3 Å². The molecule has 0 radical (unpaired) electrons. The molecule has 1 saturated heterocycles. The van der Waals surface area contributed by atoms with Crippen molar-refractivity contribution in [2.24, 2.45) is 0 Å². The van der Waals surface area contributed by atoms with Crippen LogP contribution in [0.5, 0.6) is 11.5 Å². The zero-order valence-corrected chi connectivity index (χ0v) is 19.2. The number of aryl methyl sites for hydroxylation is 1. The van der Waals surface area contributed by atoms with Crippen molar-refractivity contribution in [3.63, 3.8) is 0 Å². The number of benzene rings is 2. The maximum atomic E-state index is 13.2. The molecule has 0 spiro atoms. The lowest BCUT2D eigenvalue weighted by Gasteiger charge is -2.25. The highest BCUT2D eigenvalue weighted by molar-refractivity contribution is 7.99. The molecular weight excluding hydrogens is 436 g/mol. The molecule has 1 aromatic heterocycles. The minimum Gasteiger partial charge on any atom is -0.490 e. The van der Waals surface area contributed by atoms with Gasteiger partial charge in [-0.3, -0.25) is 4.79 Å². The number of para-hydroxylation sites is 2. The second kappa shape index (κ2) is 9.75. The first kappa shape index (κ1) is 21.7. The topological polar surface area (TPSA) is 80.4 Å². The van der Waals surface area contributed by atoms with E-state index in [9.17, 15) is 4.79 Å². The van der Waals surface area contributed by atoms with Gasteiger partial charge in [-0.1, -0.05) is 30.0 Å². The molecule has 0 saturated carbocycles. The normalized spacial score (nSPS) is 17.7. The van der Waals surface area contributed by atoms with Gasteiger partial charge < -0.3 is 18.9 Å². The van der Waals surface area contributed by atoms with E-state index in [2.05, 4.69) is 12.1 Å². The molecule has 7 nitrogen and oxygen atoms in total. The number of imidazole rings is 1. The summed E-state index contributed by atoms with van der Waals surface area (Å²) >= 11 is 1.45. The highest BCUT2D eigenvalue weighted by Gasteiger charge is 2.31. The summed E-state index contributed by atoms with van der Waals surface area (Å²) in [7, 11) is 0. The Kier molecular flexibility index (Phi) is 6.40. The van der Waals surface area contributed by atoms with Crippen molar-refractivity contribution in [2.45, 2.75) is 43.4 Å². The van der Waals surface area contributed by atoms with Crippen LogP contribution in [0.25, 0.3) is 11.0 Å². The Bertz CT molecular complexity index is 1200. The molecule has 1 fully saturated rings. The van der Waals surface area contributed by atoms with Gasteiger partial charge in [0.05, 0.1) is 48.5 Å². The van der Waals surface area contributed by atoms with E-state index in [0.29, 0.717) is 31.9 Å². The Balaban J connectivity index is 1.31. The first-order valence-corrected chi connectivity index (χ1v) is 12.4. The Labute approximate surface area is 197 Å². The zero-order chi connectivity index (χ0) is 22.6. The Morgan fingerprint density at radius 2 is 2.00 bits per heavy atom. The SMILES string of the molecule is N#CCCn1c(SCC(=O)N2CCCC2c2ccc3c(c2)OCCCO3)nc2ccccc21. The Morgan fingerprint density at radius 3 is 2.88 bits per heavy atom. The predicted molar refractivity (Wildman–Crippen MR) is 126 cm³/mol. The molecule has 1 unspecified atom stereocenters. The smallest absolute Gasteiger partial charge is 0.233 e. The second-order valence-corrected chi connectivity index (χ2v) is 9.18. The molecule has 5 rings (SSSR count). The summed E-state index contributed by atoms with van der Waals surface area (Å²) in [6.45, 7) is 2.63. The van der Waals surface area contributed by atoms with Crippen LogP contribution in [0.15, 0.2) is 47.6 Å². The molecule has 2 aliphatic rings. The van der Waals surface area contributed by atoms with Crippen LogP contribution >= 0.6 is 11.8 Å². The highest BCUT2D eigenvalue weighted by atomic mass is 32.2. The number of nitriles is 1. The largest absolute Gasteiger partial charge is 0.490 e. The van der Waals surface area contributed by atoms with Crippen molar-refractivity contribution in [3.05, 3.63) is 48.0 Å². The molecule has 1 amide bonds. The van der Waals surface area contributed by atoms with E-state index in [1.54, 1.807) is 0 Å². The van der Waals surface area contributed by atoms with Crippen molar-refractivity contribution in [1.82, 2.24) is 14.5 Å². The minimum absolute atomic E-state index is 0.0488. The third-order valence-corrected chi connectivity index (χ3v) is 7.08. The minimum atomic E-state index is 0.0488. The number of fused-ring (bicyclic) bond motifs is 2. The number of carbonyl (C=O) groups is 1. The predicted octanol–water partition coefficient (Wildman–Crippen LogP) is 4.57. The van der Waals surface area contributed by atoms with Gasteiger partial charge in [-0.05, 0) is 42.7 Å². The fourth-order valence-electron chi connectivity index (χ4n) is 4.55. The molecule has 33 heavy (non-hydrogen) atoms. The summed E-state index contributed by atoms with van der Waals surface area (Å²) in [4.78, 5) is 19.9. The molecule has 0 N–H and O–H groups in total. The molecule has 1 atom stereocenters. The molecule has 170 valence electrons. The van der Waals surface area contributed by atoms with E-state index in [-0.39, 0.29) is 11.9 Å². The fraction of sp³-hybridized carbons (Fsp3) is 0.400. The van der Waals surface area contributed by atoms with E-state index in [0.717, 1.165) is 59.1 Å². The molecule has 0 aliphatic carbocycles. The van der Waals surface area contributed by atoms with Gasteiger partial charge in [0.1, 0.15) is 0 Å². The average molecular weight is 463 g/mol. The van der Waals surface area contributed by atoms with Crippen molar-refractivity contribution >= 4 is 28.7 Å². The quantitative estimate of drug-likeness (QED) is 0.500. The number of ether oxygens (including phenoxy) is 2. The van der Waals surface area contributed by atoms with E-state index in [4.69, 9.17) is 19.7 Å². The molecule has 8 heteroatoms. The summed E-state index contributed by atoms with van der Waals surface area (Å²) in [5.41, 5.74) is 2.97. The van der Waals surface area contributed by atoms with Crippen molar-refractivity contribution in [2.75, 3.05) is 25.5 Å². The van der Waals surface area contributed by atoms with Gasteiger partial charge in [0.15, 0.2) is 16.7 Å². The number of hydrogen-bond acceptors (Lipinski definition) is 6. The average Bonchev–Trinajstić information content (AvgIpc) is 3.39. The number of nitrogens with zero attached hydrogens (tertiary/aromatic N) is 4. The molecule has 2 aromatic carbocycles. The number of carbonyl (C=O) groups excluding carboxylic acids is 1. The van der Waals surface area contributed by atoms with Crippen LogP contribution in [0.4, 0.5) is 0 Å². The number of amides is 1. The third kappa shape index (κ3) is 4.51. The molecule has 3 aromatic rings. The summed E-state index contributed by atoms with van der Waals surface area (Å²) in [5.74, 6) is 1.97. The lowest BCUT2D eigenvalue weighted by atomic mass is 10.0. The van der Waals surface area contributed by atoms with Crippen molar-refractivity contribution < 1.29 is 14.3 Å². The summed E-state index contributed by atoms with van der Waals surface area (Å²) in [6.07, 6.45) is 3.20. The molecule has 2 aliphatic heterocycles. The monoisotopic (exact) mass is 462 g/mol. The summed E-state index contributed by atoms with van der Waals surface area (Å²) in [6, 6.07) is 16.2. The lowest BCUT2D eigenvalue weighted by Crippen LogP contribution is -2.32. The maximum absolute atomic E-state index is 13.2. The van der Waals surface area contributed by atoms with Gasteiger partial charge in [-0.25, -0.2) is 4.98 Å². The van der Waals surface area contributed by atoms with Crippen molar-refractivity contribution in [3.8, 4) is 17.6 Å². The highest BCUT2D eigenvalue weighted by Crippen LogP contribution is 2.38. The number of aromatic nitrogens is 2. The van der Waals surface area contributed by atoms with Gasteiger partial charge in [0, 0.05) is 19.5 Å². The van der Waals surface area contributed by atoms with Crippen LogP contribution in [-0.4, -0.2) is 45.9 Å². The van der Waals surface area contributed by atoms with Crippen molar-refractivity contribution in [1.29, 1.82) is 5.26 Å². The summed E-state index contributed by atoms with van der Waals surface area (Å²) < 4.78 is 13.7. The Morgan fingerprint density at radius 1 is 1.15 bits per heavy atom. The van der Waals surface area contributed by atoms with Crippen LogP contribution in [0, 0.1) is 11.3 Å². The van der Waals surface area contributed by atoms with Crippen LogP contribution < -0.4 is 9.47 Å². The van der Waals surface area contributed by atoms with E-state index >= 15 is 0 Å². The number of rotatable bonds is 6. The van der Waals surface area contributed by atoms with E-state index in [1.807, 2.05) is 45.9 Å². The zero-order valence-electron chi connectivity index (χ0n) is 18.4. The molecule has 3 heterocycles. The van der Waals surface area contributed by atoms with E-state index in [1.165, 1.54) is 11.8 Å². The van der Waals surface area contributed by atoms with Gasteiger partial charge in [-0.2, -0.15) is 5.26 Å². The van der Waals surface area contributed by atoms with Gasteiger partial charge >= 0.3 is 0 Å². The van der Waals surface area contributed by atoms with Gasteiger partial charge in [0.25, 0.3) is 0 Å². The molecular formula is C25H26N4O3S. The lowest BCUT2D eigenvalue weighted by molar-refractivity contribution is -0.129. The van der Waals surface area contributed by atoms with Gasteiger partial charge in [-0.15, -0.1) is 0 Å². The van der Waals surface area contributed by atoms with Gasteiger partial charge in [0.2, 0.25) is 5.91 Å². The van der Waals surface area contributed by atoms with Crippen LogP contribution in [0.3, 0.4) is 0 Å². The maximum Gasteiger partial charge on any atom is 0.233 e. The first-order chi connectivity index (χ1) is 16.2.